The summed E-state index contributed by atoms with van der Waals surface area (Å²) in [6.45, 7) is 17.0. The third kappa shape index (κ3) is 6.85. The Labute approximate surface area is 235 Å². The highest BCUT2D eigenvalue weighted by molar-refractivity contribution is 8.93. The molecule has 0 bridgehead atoms. The lowest BCUT2D eigenvalue weighted by Crippen LogP contribution is -2.39. The molecule has 0 radical (unpaired) electrons. The van der Waals surface area contributed by atoms with Crippen molar-refractivity contribution in [1.29, 1.82) is 5.41 Å². The number of hydrogen-bond donors (Lipinski definition) is 2. The summed E-state index contributed by atoms with van der Waals surface area (Å²) < 4.78 is 0. The van der Waals surface area contributed by atoms with Crippen molar-refractivity contribution >= 4 is 28.6 Å². The van der Waals surface area contributed by atoms with Crippen molar-refractivity contribution in [3.63, 3.8) is 0 Å². The standard InChI is InChI=1S/C32H46N2O2.BrH/c1-9-14-23-24(17-21-15-12-11-13-16-21)27(10-2)34(30(23)33)20-28(35)22-18-25(31(3,4)5)29(36)26(19-22)32(6,7)8;/h11-13,15-16,18-19,23-24,27,33,36H,9-10,14,17,20H2,1-8H3;1H. The fourth-order valence-electron chi connectivity index (χ4n) is 5.83. The molecule has 0 aliphatic carbocycles. The summed E-state index contributed by atoms with van der Waals surface area (Å²) in [5, 5.41) is 20.2. The first-order valence-electron chi connectivity index (χ1n) is 13.6. The van der Waals surface area contributed by atoms with Crippen LogP contribution in [0.15, 0.2) is 42.5 Å². The van der Waals surface area contributed by atoms with Crippen LogP contribution in [-0.2, 0) is 17.3 Å². The zero-order valence-corrected chi connectivity index (χ0v) is 25.7. The quantitative estimate of drug-likeness (QED) is 0.315. The number of phenolic OH excluding ortho intramolecular Hbond substituents is 1. The van der Waals surface area contributed by atoms with Crippen LogP contribution in [-0.4, -0.2) is 34.2 Å². The van der Waals surface area contributed by atoms with Gasteiger partial charge < -0.3 is 10.0 Å². The Hall–Kier alpha value is -2.14. The molecule has 1 heterocycles. The monoisotopic (exact) mass is 570 g/mol. The van der Waals surface area contributed by atoms with Crippen molar-refractivity contribution in [3.05, 3.63) is 64.7 Å². The van der Waals surface area contributed by atoms with Crippen molar-refractivity contribution in [1.82, 2.24) is 4.90 Å². The molecule has 1 saturated heterocycles. The molecule has 37 heavy (non-hydrogen) atoms. The predicted octanol–water partition coefficient (Wildman–Crippen LogP) is 8.09. The normalized spacial score (nSPS) is 20.2. The maximum atomic E-state index is 13.8. The molecule has 2 N–H and O–H groups in total. The topological polar surface area (TPSA) is 64.4 Å². The van der Waals surface area contributed by atoms with Crippen molar-refractivity contribution in [3.8, 4) is 5.75 Å². The highest BCUT2D eigenvalue weighted by Gasteiger charge is 2.44. The van der Waals surface area contributed by atoms with Crippen LogP contribution in [0, 0.1) is 17.2 Å². The lowest BCUT2D eigenvalue weighted by atomic mass is 9.78. The first-order chi connectivity index (χ1) is 16.8. The molecule has 0 amide bonds. The Kier molecular flexibility index (Phi) is 10.2. The van der Waals surface area contributed by atoms with Crippen LogP contribution in [0.25, 0.3) is 0 Å². The number of rotatable bonds is 8. The summed E-state index contributed by atoms with van der Waals surface area (Å²) in [6, 6.07) is 14.5. The average molecular weight is 572 g/mol. The van der Waals surface area contributed by atoms with Gasteiger partial charge >= 0.3 is 0 Å². The summed E-state index contributed by atoms with van der Waals surface area (Å²) in [5.74, 6) is 1.42. The molecule has 2 aromatic rings. The van der Waals surface area contributed by atoms with Gasteiger partial charge in [-0.15, -0.1) is 17.0 Å². The molecule has 4 nitrogen and oxygen atoms in total. The van der Waals surface area contributed by atoms with Crippen molar-refractivity contribution in [2.75, 3.05) is 6.54 Å². The van der Waals surface area contributed by atoms with Crippen LogP contribution in [0.2, 0.25) is 0 Å². The summed E-state index contributed by atoms with van der Waals surface area (Å²) in [4.78, 5) is 15.9. The SMILES string of the molecule is Br.CCCC1C(=N)N(CC(=O)c2cc(C(C)(C)C)c(O)c(C(C)(C)C)c2)C(CC)C1Cc1ccccc1. The number of Topliss-reactive ketones (excluding diaryl/α,β-unsaturated/α-hetero) is 1. The van der Waals surface area contributed by atoms with E-state index >= 15 is 0 Å². The molecule has 3 atom stereocenters. The Bertz CT molecular complexity index is 1050. The zero-order valence-electron chi connectivity index (χ0n) is 24.0. The number of aromatic hydroxyl groups is 1. The van der Waals surface area contributed by atoms with E-state index in [4.69, 9.17) is 5.41 Å². The highest BCUT2D eigenvalue weighted by atomic mass is 79.9. The van der Waals surface area contributed by atoms with Crippen molar-refractivity contribution < 1.29 is 9.90 Å². The molecule has 0 spiro atoms. The van der Waals surface area contributed by atoms with Crippen LogP contribution in [0.4, 0.5) is 0 Å². The van der Waals surface area contributed by atoms with Gasteiger partial charge in [-0.2, -0.15) is 0 Å². The van der Waals surface area contributed by atoms with E-state index in [0.717, 1.165) is 36.8 Å². The number of nitrogens with zero attached hydrogens (tertiary/aromatic N) is 1. The van der Waals surface area contributed by atoms with Crippen molar-refractivity contribution in [2.24, 2.45) is 11.8 Å². The molecule has 204 valence electrons. The number of amidine groups is 1. The van der Waals surface area contributed by atoms with Crippen LogP contribution in [0.5, 0.6) is 5.75 Å². The summed E-state index contributed by atoms with van der Waals surface area (Å²) in [7, 11) is 0. The largest absolute Gasteiger partial charge is 0.507 e. The average Bonchev–Trinajstić information content (AvgIpc) is 3.03. The van der Waals surface area contributed by atoms with Gasteiger partial charge in [0.25, 0.3) is 0 Å². The van der Waals surface area contributed by atoms with E-state index in [1.807, 2.05) is 18.2 Å². The Balaban J connectivity index is 0.00000481. The molecule has 3 rings (SSSR count). The fraction of sp³-hybridized carbons (Fsp3) is 0.562. The number of halogens is 1. The zero-order chi connectivity index (χ0) is 26.8. The van der Waals surface area contributed by atoms with Gasteiger partial charge in [0.15, 0.2) is 5.78 Å². The second kappa shape index (κ2) is 12.1. The van der Waals surface area contributed by atoms with Crippen LogP contribution >= 0.6 is 17.0 Å². The smallest absolute Gasteiger partial charge is 0.182 e. The number of carbonyl (C=O) groups is 1. The predicted molar refractivity (Wildman–Crippen MR) is 161 cm³/mol. The van der Waals surface area contributed by atoms with Crippen LogP contribution in [0.1, 0.15) is 102 Å². The van der Waals surface area contributed by atoms with Gasteiger partial charge in [-0.05, 0) is 53.7 Å². The lowest BCUT2D eigenvalue weighted by Gasteiger charge is -2.30. The number of benzene rings is 2. The van der Waals surface area contributed by atoms with Gasteiger partial charge in [-0.3, -0.25) is 10.2 Å². The van der Waals surface area contributed by atoms with E-state index in [1.54, 1.807) is 0 Å². The summed E-state index contributed by atoms with van der Waals surface area (Å²) >= 11 is 0. The van der Waals surface area contributed by atoms with E-state index < -0.39 is 0 Å². The molecule has 2 aromatic carbocycles. The first kappa shape index (κ1) is 31.1. The van der Waals surface area contributed by atoms with E-state index in [-0.39, 0.29) is 57.8 Å². The van der Waals surface area contributed by atoms with Crippen molar-refractivity contribution in [2.45, 2.75) is 97.9 Å². The number of hydrogen-bond acceptors (Lipinski definition) is 3. The molecule has 3 unspecified atom stereocenters. The van der Waals surface area contributed by atoms with Gasteiger partial charge in [-0.25, -0.2) is 0 Å². The van der Waals surface area contributed by atoms with Crippen LogP contribution < -0.4 is 0 Å². The molecule has 5 heteroatoms. The number of nitrogens with one attached hydrogen (secondary N) is 1. The second-order valence-electron chi connectivity index (χ2n) is 12.6. The molecular formula is C32H47BrN2O2. The number of ketones is 1. The Morgan fingerprint density at radius 1 is 0.973 bits per heavy atom. The number of likely N-dealkylation sites (tertiary alicyclic amines) is 1. The van der Waals surface area contributed by atoms with Gasteiger partial charge in [0, 0.05) is 28.7 Å². The maximum absolute atomic E-state index is 13.8. The lowest BCUT2D eigenvalue weighted by molar-refractivity contribution is 0.0942. The minimum absolute atomic E-state index is 0. The van der Waals surface area contributed by atoms with Gasteiger partial charge in [0.05, 0.1) is 12.4 Å². The summed E-state index contributed by atoms with van der Waals surface area (Å²) in [6.07, 6.45) is 3.83. The van der Waals surface area contributed by atoms with E-state index in [1.165, 1.54) is 5.56 Å². The van der Waals surface area contributed by atoms with Crippen LogP contribution in [0.3, 0.4) is 0 Å². The van der Waals surface area contributed by atoms with Gasteiger partial charge in [0.2, 0.25) is 0 Å². The number of phenols is 1. The maximum Gasteiger partial charge on any atom is 0.182 e. The molecule has 0 aromatic heterocycles. The third-order valence-corrected chi connectivity index (χ3v) is 7.77. The Morgan fingerprint density at radius 2 is 1.51 bits per heavy atom. The third-order valence-electron chi connectivity index (χ3n) is 7.77. The minimum atomic E-state index is -0.292. The van der Waals surface area contributed by atoms with Gasteiger partial charge in [0.1, 0.15) is 5.75 Å². The van der Waals surface area contributed by atoms with E-state index in [2.05, 4.69) is 84.6 Å². The molecule has 1 aliphatic rings. The highest BCUT2D eigenvalue weighted by Crippen LogP contribution is 2.41. The fourth-order valence-corrected chi connectivity index (χ4v) is 5.83. The van der Waals surface area contributed by atoms with E-state index in [9.17, 15) is 9.90 Å². The van der Waals surface area contributed by atoms with E-state index in [0.29, 0.717) is 17.3 Å². The Morgan fingerprint density at radius 3 is 1.97 bits per heavy atom. The first-order valence-corrected chi connectivity index (χ1v) is 13.6. The molecule has 1 fully saturated rings. The minimum Gasteiger partial charge on any atom is -0.507 e. The molecule has 0 saturated carbocycles. The second-order valence-corrected chi connectivity index (χ2v) is 12.6. The molecular weight excluding hydrogens is 524 g/mol. The summed E-state index contributed by atoms with van der Waals surface area (Å²) in [5.41, 5.74) is 2.94. The number of carbonyl (C=O) groups excluding carboxylic acids is 1. The van der Waals surface area contributed by atoms with Gasteiger partial charge in [-0.1, -0.05) is 92.1 Å². The molecule has 1 aliphatic heterocycles.